The van der Waals surface area contributed by atoms with Crippen molar-refractivity contribution < 1.29 is 66.3 Å². The van der Waals surface area contributed by atoms with Gasteiger partial charge in [0.1, 0.15) is 12.7 Å². The van der Waals surface area contributed by atoms with E-state index in [1.165, 1.54) is 44.9 Å². The minimum atomic E-state index is -4.87. The highest BCUT2D eigenvalue weighted by molar-refractivity contribution is 7.47. The monoisotopic (exact) mass is 824 g/mol. The Labute approximate surface area is 329 Å². The van der Waals surface area contributed by atoms with E-state index in [4.69, 9.17) is 28.5 Å². The fraction of sp³-hybridized carbons (Fsp3) is 0.795. The number of unbranched alkanes of at least 4 members (excludes halogenated alkanes) is 9. The number of carbonyl (C=O) groups is 2. The van der Waals surface area contributed by atoms with Gasteiger partial charge in [-0.05, 0) is 50.9 Å². The Bertz CT molecular complexity index is 1200. The third-order valence-corrected chi connectivity index (χ3v) is 10.1. The average molecular weight is 825 g/mol. The molecule has 0 bridgehead atoms. The molecule has 55 heavy (non-hydrogen) atoms. The fourth-order valence-corrected chi connectivity index (χ4v) is 6.60. The van der Waals surface area contributed by atoms with Crippen molar-refractivity contribution in [2.45, 2.75) is 167 Å². The zero-order valence-corrected chi connectivity index (χ0v) is 35.2. The van der Waals surface area contributed by atoms with E-state index in [9.17, 15) is 28.7 Å². The van der Waals surface area contributed by atoms with Crippen LogP contribution in [0.4, 0.5) is 0 Å². The molecule has 0 spiro atoms. The molecule has 1 aliphatic rings. The summed E-state index contributed by atoms with van der Waals surface area (Å²) in [4.78, 5) is 52.5. The first kappa shape index (κ1) is 51.3. The second-order valence-electron chi connectivity index (χ2n) is 14.4. The first-order valence-electron chi connectivity index (χ1n) is 20.2. The molecule has 1 rings (SSSR count). The topological polar surface area (TPSA) is 208 Å². The highest BCUT2D eigenvalue weighted by Gasteiger charge is 2.36. The van der Waals surface area contributed by atoms with E-state index in [2.05, 4.69) is 54.1 Å². The van der Waals surface area contributed by atoms with Crippen molar-refractivity contribution in [2.24, 2.45) is 5.92 Å². The van der Waals surface area contributed by atoms with Crippen LogP contribution in [0.3, 0.4) is 0 Å². The molecule has 1 aliphatic heterocycles. The van der Waals surface area contributed by atoms with Crippen LogP contribution in [-0.4, -0.2) is 82.6 Å². The molecule has 1 saturated heterocycles. The van der Waals surface area contributed by atoms with Crippen LogP contribution in [0, 0.1) is 5.92 Å². The summed E-state index contributed by atoms with van der Waals surface area (Å²) in [5.74, 6) is -0.387. The SMILES string of the molecule is CCCCCC1OC1C/C=C\C/C=C\C/C=C\CCCC(=O)O[C@H](COC(=O)CCCCCCCCCC(C)C)COP(=O)(O)OC[C@@H](O)COP(=O)(O)O. The molecule has 0 aromatic carbocycles. The van der Waals surface area contributed by atoms with Gasteiger partial charge in [-0.2, -0.15) is 0 Å². The van der Waals surface area contributed by atoms with Gasteiger partial charge in [0.05, 0.1) is 32.0 Å². The summed E-state index contributed by atoms with van der Waals surface area (Å²) in [5.41, 5.74) is 0. The third kappa shape index (κ3) is 33.0. The van der Waals surface area contributed by atoms with E-state index in [1.54, 1.807) is 0 Å². The lowest BCUT2D eigenvalue weighted by molar-refractivity contribution is -0.161. The van der Waals surface area contributed by atoms with E-state index in [1.807, 2.05) is 12.2 Å². The largest absolute Gasteiger partial charge is 0.472 e. The van der Waals surface area contributed by atoms with Gasteiger partial charge in [0.15, 0.2) is 6.10 Å². The number of phosphoric ester groups is 2. The predicted octanol–water partition coefficient (Wildman–Crippen LogP) is 8.57. The summed E-state index contributed by atoms with van der Waals surface area (Å²) in [6.45, 7) is 3.88. The number of ether oxygens (including phenoxy) is 3. The average Bonchev–Trinajstić information content (AvgIpc) is 3.88. The van der Waals surface area contributed by atoms with E-state index >= 15 is 0 Å². The van der Waals surface area contributed by atoms with E-state index in [0.717, 1.165) is 50.9 Å². The minimum absolute atomic E-state index is 0.0517. The molecule has 1 fully saturated rings. The zero-order chi connectivity index (χ0) is 40.8. The summed E-state index contributed by atoms with van der Waals surface area (Å²) in [7, 11) is -9.68. The number of rotatable bonds is 36. The van der Waals surface area contributed by atoms with Gasteiger partial charge in [-0.25, -0.2) is 9.13 Å². The number of hydrogen-bond donors (Lipinski definition) is 4. The van der Waals surface area contributed by atoms with Crippen LogP contribution in [0.2, 0.25) is 0 Å². The molecule has 0 aliphatic carbocycles. The lowest BCUT2D eigenvalue weighted by atomic mass is 10.0. The number of epoxide rings is 1. The lowest BCUT2D eigenvalue weighted by Crippen LogP contribution is -2.29. The molecule has 5 atom stereocenters. The summed E-state index contributed by atoms with van der Waals surface area (Å²) in [5, 5.41) is 9.72. The Kier molecular flexibility index (Phi) is 29.2. The van der Waals surface area contributed by atoms with Crippen LogP contribution < -0.4 is 0 Å². The van der Waals surface area contributed by atoms with Gasteiger partial charge in [-0.3, -0.25) is 23.2 Å². The maximum atomic E-state index is 12.6. The molecule has 1 heterocycles. The molecule has 14 nitrogen and oxygen atoms in total. The van der Waals surface area contributed by atoms with E-state index < -0.39 is 66.2 Å². The van der Waals surface area contributed by atoms with Crippen LogP contribution in [0.1, 0.15) is 143 Å². The Morgan fingerprint density at radius 1 is 0.691 bits per heavy atom. The standard InChI is InChI=1S/C39H70O14P2/c1-4-5-19-25-36-37(53-36)26-21-16-12-8-6-7-9-13-18-23-28-39(42)52-35(32-51-55(46,47)50-30-34(40)29-49-54(43,44)45)31-48-38(41)27-22-17-14-10-11-15-20-24-33(2)3/h6,8-9,13,16,21,33-37,40H,4-5,7,10-12,14-15,17-20,22-32H2,1-3H3,(H,46,47)(H2,43,44,45)/b8-6-,13-9-,21-16-/t34-,35+,36?,37?/m0/s1. The van der Waals surface area contributed by atoms with Crippen LogP contribution >= 0.6 is 15.6 Å². The van der Waals surface area contributed by atoms with Crippen molar-refractivity contribution in [3.05, 3.63) is 36.5 Å². The number of carbonyl (C=O) groups excluding carboxylic acids is 2. The smallest absolute Gasteiger partial charge is 0.462 e. The highest BCUT2D eigenvalue weighted by Crippen LogP contribution is 2.44. The number of esters is 2. The van der Waals surface area contributed by atoms with Crippen LogP contribution in [-0.2, 0) is 46.5 Å². The van der Waals surface area contributed by atoms with Gasteiger partial charge < -0.3 is 34.0 Å². The van der Waals surface area contributed by atoms with E-state index in [-0.39, 0.29) is 12.8 Å². The first-order valence-corrected chi connectivity index (χ1v) is 23.2. The molecule has 0 radical (unpaired) electrons. The summed E-state index contributed by atoms with van der Waals surface area (Å²) in [6, 6.07) is 0. The first-order chi connectivity index (χ1) is 26.2. The van der Waals surface area contributed by atoms with Crippen molar-refractivity contribution in [2.75, 3.05) is 26.4 Å². The second-order valence-corrected chi connectivity index (χ2v) is 17.1. The highest BCUT2D eigenvalue weighted by atomic mass is 31.2. The van der Waals surface area contributed by atoms with Crippen molar-refractivity contribution in [3.63, 3.8) is 0 Å². The summed E-state index contributed by atoms with van der Waals surface area (Å²) < 4.78 is 53.3. The van der Waals surface area contributed by atoms with Gasteiger partial charge in [0.25, 0.3) is 0 Å². The van der Waals surface area contributed by atoms with Crippen molar-refractivity contribution in [3.8, 4) is 0 Å². The normalized spacial score (nSPS) is 18.3. The molecule has 320 valence electrons. The summed E-state index contributed by atoms with van der Waals surface area (Å²) >= 11 is 0. The third-order valence-electron chi connectivity index (χ3n) is 8.62. The zero-order valence-electron chi connectivity index (χ0n) is 33.4. The Hall–Kier alpha value is -1.70. The number of hydrogen-bond acceptors (Lipinski definition) is 11. The quantitative estimate of drug-likeness (QED) is 0.0154. The molecule has 3 unspecified atom stereocenters. The molecular weight excluding hydrogens is 754 g/mol. The van der Waals surface area contributed by atoms with Crippen LogP contribution in [0.15, 0.2) is 36.5 Å². The number of aliphatic hydroxyl groups is 1. The second kappa shape index (κ2) is 31.3. The molecule has 0 amide bonds. The van der Waals surface area contributed by atoms with Gasteiger partial charge in [-0.15, -0.1) is 0 Å². The van der Waals surface area contributed by atoms with Crippen molar-refractivity contribution >= 4 is 27.6 Å². The van der Waals surface area contributed by atoms with Gasteiger partial charge >= 0.3 is 27.6 Å². The van der Waals surface area contributed by atoms with Gasteiger partial charge in [0, 0.05) is 12.8 Å². The number of phosphoric acid groups is 2. The van der Waals surface area contributed by atoms with Gasteiger partial charge in [-0.1, -0.05) is 121 Å². The van der Waals surface area contributed by atoms with Crippen LogP contribution in [0.5, 0.6) is 0 Å². The molecule has 0 aromatic heterocycles. The predicted molar refractivity (Wildman–Crippen MR) is 211 cm³/mol. The molecule has 0 saturated carbocycles. The van der Waals surface area contributed by atoms with Crippen LogP contribution in [0.25, 0.3) is 0 Å². The van der Waals surface area contributed by atoms with Crippen molar-refractivity contribution in [1.29, 1.82) is 0 Å². The molecule has 16 heteroatoms. The molecule has 0 aromatic rings. The molecular formula is C39H70O14P2. The minimum Gasteiger partial charge on any atom is -0.462 e. The molecule has 4 N–H and O–H groups in total. The number of aliphatic hydroxyl groups excluding tert-OH is 1. The summed E-state index contributed by atoms with van der Waals surface area (Å²) in [6.07, 6.45) is 27.9. The maximum Gasteiger partial charge on any atom is 0.472 e. The Morgan fingerprint density at radius 3 is 1.96 bits per heavy atom. The number of allylic oxidation sites excluding steroid dienone is 5. The fourth-order valence-electron chi connectivity index (χ4n) is 5.44. The van der Waals surface area contributed by atoms with Crippen molar-refractivity contribution in [1.82, 2.24) is 0 Å². The Morgan fingerprint density at radius 2 is 1.29 bits per heavy atom. The maximum absolute atomic E-state index is 12.6. The lowest BCUT2D eigenvalue weighted by Gasteiger charge is -2.20. The Balaban J connectivity index is 2.42. The van der Waals surface area contributed by atoms with E-state index in [0.29, 0.717) is 31.5 Å². The van der Waals surface area contributed by atoms with Gasteiger partial charge in [0.2, 0.25) is 0 Å².